The molecule has 0 spiro atoms. The summed E-state index contributed by atoms with van der Waals surface area (Å²) in [6.07, 6.45) is 0.240. The highest BCUT2D eigenvalue weighted by Crippen LogP contribution is 2.13. The Hall–Kier alpha value is -1.88. The second-order valence-electron chi connectivity index (χ2n) is 4.92. The van der Waals surface area contributed by atoms with E-state index in [4.69, 9.17) is 4.74 Å². The number of hydrogen-bond acceptors (Lipinski definition) is 5. The van der Waals surface area contributed by atoms with Crippen LogP contribution in [0.3, 0.4) is 0 Å². The van der Waals surface area contributed by atoms with Gasteiger partial charge in [-0.2, -0.15) is 0 Å². The van der Waals surface area contributed by atoms with Gasteiger partial charge in [0.2, 0.25) is 0 Å². The molecule has 0 saturated heterocycles. The number of carbonyl (C=O) groups is 2. The molecule has 0 aliphatic carbocycles. The fourth-order valence-electron chi connectivity index (χ4n) is 1.86. The quantitative estimate of drug-likeness (QED) is 0.743. The highest BCUT2D eigenvalue weighted by atomic mass is 16.5. The number of ether oxygens (including phenoxy) is 2. The van der Waals surface area contributed by atoms with Crippen LogP contribution in [0, 0.1) is 5.92 Å². The van der Waals surface area contributed by atoms with Crippen LogP contribution in [0.1, 0.15) is 31.7 Å². The highest BCUT2D eigenvalue weighted by Gasteiger charge is 2.22. The van der Waals surface area contributed by atoms with E-state index in [1.165, 1.54) is 7.11 Å². The largest absolute Gasteiger partial charge is 0.469 e. The van der Waals surface area contributed by atoms with Crippen molar-refractivity contribution in [1.29, 1.82) is 0 Å². The number of benzene rings is 1. The lowest BCUT2D eigenvalue weighted by molar-refractivity contribution is -0.148. The van der Waals surface area contributed by atoms with E-state index in [-0.39, 0.29) is 19.0 Å². The van der Waals surface area contributed by atoms with Crippen molar-refractivity contribution < 1.29 is 24.2 Å². The molecule has 0 fully saturated rings. The van der Waals surface area contributed by atoms with Gasteiger partial charge in [-0.3, -0.25) is 9.59 Å². The average molecular weight is 294 g/mol. The molecule has 1 rings (SSSR count). The third-order valence-electron chi connectivity index (χ3n) is 3.27. The molecule has 0 aliphatic rings. The molecule has 0 aromatic heterocycles. The molecule has 0 amide bonds. The predicted octanol–water partition coefficient (Wildman–Crippen LogP) is 2.07. The predicted molar refractivity (Wildman–Crippen MR) is 77.3 cm³/mol. The van der Waals surface area contributed by atoms with Crippen LogP contribution in [0.15, 0.2) is 30.3 Å². The molecular weight excluding hydrogens is 272 g/mol. The minimum Gasteiger partial charge on any atom is -0.469 e. The number of rotatable bonds is 8. The Morgan fingerprint density at radius 3 is 2.52 bits per heavy atom. The first-order valence-corrected chi connectivity index (χ1v) is 7.00. The smallest absolute Gasteiger partial charge is 0.311 e. The van der Waals surface area contributed by atoms with Gasteiger partial charge < -0.3 is 14.6 Å². The molecule has 0 aliphatic heterocycles. The highest BCUT2D eigenvalue weighted by molar-refractivity contribution is 5.72. The summed E-state index contributed by atoms with van der Waals surface area (Å²) in [5.74, 6) is -1.35. The first-order chi connectivity index (χ1) is 10.0. The zero-order valence-corrected chi connectivity index (χ0v) is 12.5. The molecule has 2 unspecified atom stereocenters. The van der Waals surface area contributed by atoms with Crippen LogP contribution in [0.2, 0.25) is 0 Å². The summed E-state index contributed by atoms with van der Waals surface area (Å²) in [4.78, 5) is 22.8. The first-order valence-electron chi connectivity index (χ1n) is 7.00. The number of aliphatic hydroxyl groups is 1. The third-order valence-corrected chi connectivity index (χ3v) is 3.27. The zero-order chi connectivity index (χ0) is 15.7. The summed E-state index contributed by atoms with van der Waals surface area (Å²) in [7, 11) is 1.28. The third kappa shape index (κ3) is 6.40. The van der Waals surface area contributed by atoms with Crippen molar-refractivity contribution in [3.05, 3.63) is 35.9 Å². The molecule has 0 heterocycles. The summed E-state index contributed by atoms with van der Waals surface area (Å²) >= 11 is 0. The Balaban J connectivity index is 2.20. The second kappa shape index (κ2) is 9.13. The van der Waals surface area contributed by atoms with Crippen molar-refractivity contribution in [2.45, 2.75) is 38.9 Å². The molecule has 0 saturated carbocycles. The minimum absolute atomic E-state index is 0.220. The van der Waals surface area contributed by atoms with E-state index < -0.39 is 18.0 Å². The van der Waals surface area contributed by atoms with Crippen molar-refractivity contribution in [1.82, 2.24) is 0 Å². The lowest BCUT2D eigenvalue weighted by Crippen LogP contribution is -2.26. The van der Waals surface area contributed by atoms with Gasteiger partial charge in [-0.25, -0.2) is 0 Å². The standard InChI is InChI=1S/C16H22O5/c1-12(16(19)20-2)14(17)9-6-10-15(18)21-11-13-7-4-3-5-8-13/h3-5,7-8,12,14,17H,6,9-11H2,1-2H3. The fraction of sp³-hybridized carbons (Fsp3) is 0.500. The van der Waals surface area contributed by atoms with Gasteiger partial charge in [-0.1, -0.05) is 30.3 Å². The molecule has 2 atom stereocenters. The van der Waals surface area contributed by atoms with Gasteiger partial charge in [0, 0.05) is 6.42 Å². The molecule has 5 nitrogen and oxygen atoms in total. The summed E-state index contributed by atoms with van der Waals surface area (Å²) in [5, 5.41) is 9.79. The maximum Gasteiger partial charge on any atom is 0.311 e. The lowest BCUT2D eigenvalue weighted by atomic mass is 10.00. The molecule has 1 N–H and O–H groups in total. The molecule has 1 aromatic carbocycles. The van der Waals surface area contributed by atoms with Crippen LogP contribution in [0.25, 0.3) is 0 Å². The van der Waals surface area contributed by atoms with Crippen LogP contribution in [0.5, 0.6) is 0 Å². The maximum absolute atomic E-state index is 11.6. The lowest BCUT2D eigenvalue weighted by Gasteiger charge is -2.16. The topological polar surface area (TPSA) is 72.8 Å². The average Bonchev–Trinajstić information content (AvgIpc) is 2.52. The minimum atomic E-state index is -0.806. The van der Waals surface area contributed by atoms with Gasteiger partial charge in [-0.05, 0) is 25.3 Å². The summed E-state index contributed by atoms with van der Waals surface area (Å²) < 4.78 is 9.68. The van der Waals surface area contributed by atoms with Crippen molar-refractivity contribution in [3.63, 3.8) is 0 Å². The monoisotopic (exact) mass is 294 g/mol. The molecule has 0 bridgehead atoms. The van der Waals surface area contributed by atoms with Crippen LogP contribution < -0.4 is 0 Å². The Bertz CT molecular complexity index is 443. The van der Waals surface area contributed by atoms with E-state index in [9.17, 15) is 14.7 Å². The number of aliphatic hydroxyl groups excluding tert-OH is 1. The fourth-order valence-corrected chi connectivity index (χ4v) is 1.86. The van der Waals surface area contributed by atoms with E-state index in [0.29, 0.717) is 12.8 Å². The number of esters is 2. The van der Waals surface area contributed by atoms with Crippen molar-refractivity contribution >= 4 is 11.9 Å². The molecule has 0 radical (unpaired) electrons. The second-order valence-corrected chi connectivity index (χ2v) is 4.92. The molecular formula is C16H22O5. The first kappa shape index (κ1) is 17.2. The Morgan fingerprint density at radius 2 is 1.90 bits per heavy atom. The van der Waals surface area contributed by atoms with E-state index in [1.807, 2.05) is 30.3 Å². The van der Waals surface area contributed by atoms with Crippen LogP contribution in [-0.4, -0.2) is 30.3 Å². The van der Waals surface area contributed by atoms with E-state index in [1.54, 1.807) is 6.92 Å². The van der Waals surface area contributed by atoms with Crippen LogP contribution >= 0.6 is 0 Å². The summed E-state index contributed by atoms with van der Waals surface area (Å²) in [5.41, 5.74) is 0.935. The van der Waals surface area contributed by atoms with Gasteiger partial charge in [0.25, 0.3) is 0 Å². The van der Waals surface area contributed by atoms with E-state index >= 15 is 0 Å². The number of methoxy groups -OCH3 is 1. The van der Waals surface area contributed by atoms with Crippen molar-refractivity contribution in [2.75, 3.05) is 7.11 Å². The number of carbonyl (C=O) groups excluding carboxylic acids is 2. The molecule has 116 valence electrons. The molecule has 5 heteroatoms. The Kier molecular flexibility index (Phi) is 7.46. The van der Waals surface area contributed by atoms with Gasteiger partial charge >= 0.3 is 11.9 Å². The Labute approximate surface area is 124 Å². The normalized spacial score (nSPS) is 13.3. The summed E-state index contributed by atoms with van der Waals surface area (Å²) in [6.45, 7) is 1.85. The van der Waals surface area contributed by atoms with E-state index in [0.717, 1.165) is 5.56 Å². The summed E-state index contributed by atoms with van der Waals surface area (Å²) in [6, 6.07) is 9.43. The maximum atomic E-state index is 11.6. The number of hydrogen-bond donors (Lipinski definition) is 1. The van der Waals surface area contributed by atoms with Gasteiger partial charge in [0.15, 0.2) is 0 Å². The van der Waals surface area contributed by atoms with Gasteiger partial charge in [0.1, 0.15) is 6.61 Å². The molecule has 1 aromatic rings. The zero-order valence-electron chi connectivity index (χ0n) is 12.5. The van der Waals surface area contributed by atoms with E-state index in [2.05, 4.69) is 4.74 Å². The Morgan fingerprint density at radius 1 is 1.24 bits per heavy atom. The molecule has 21 heavy (non-hydrogen) atoms. The van der Waals surface area contributed by atoms with Crippen molar-refractivity contribution in [2.24, 2.45) is 5.92 Å². The SMILES string of the molecule is COC(=O)C(C)C(O)CCCC(=O)OCc1ccccc1. The van der Waals surface area contributed by atoms with Gasteiger partial charge in [0.05, 0.1) is 19.1 Å². The van der Waals surface area contributed by atoms with Crippen LogP contribution in [0.4, 0.5) is 0 Å². The van der Waals surface area contributed by atoms with Crippen molar-refractivity contribution in [3.8, 4) is 0 Å². The van der Waals surface area contributed by atoms with Crippen LogP contribution in [-0.2, 0) is 25.7 Å². The van der Waals surface area contributed by atoms with Gasteiger partial charge in [-0.15, -0.1) is 0 Å².